The average Bonchev–Trinajstić information content (AvgIpc) is 2.23. The number of fused-ring (bicyclic) bond motifs is 2. The Morgan fingerprint density at radius 1 is 1.25 bits per heavy atom. The Hall–Kier alpha value is -0.300. The first-order valence-corrected chi connectivity index (χ1v) is 3.30. The van der Waals surface area contributed by atoms with Crippen LogP contribution in [0.2, 0.25) is 0 Å². The van der Waals surface area contributed by atoms with Crippen LogP contribution in [-0.2, 0) is 0 Å². The molecular weight excluding hydrogens is 98.1 g/mol. The molecule has 3 atom stereocenters. The molecule has 1 fully saturated rings. The monoisotopic (exact) mass is 109 g/mol. The van der Waals surface area contributed by atoms with Crippen molar-refractivity contribution < 1.29 is 0 Å². The first kappa shape index (κ1) is 4.57. The lowest BCUT2D eigenvalue weighted by Gasteiger charge is -2.10. The molecule has 1 heteroatoms. The van der Waals surface area contributed by atoms with Gasteiger partial charge in [-0.3, -0.25) is 0 Å². The van der Waals surface area contributed by atoms with Gasteiger partial charge in [0.25, 0.3) is 0 Å². The summed E-state index contributed by atoms with van der Waals surface area (Å²) in [6.07, 6.45) is 7.16. The fourth-order valence-electron chi connectivity index (χ4n) is 1.82. The third kappa shape index (κ3) is 0.451. The van der Waals surface area contributed by atoms with Crippen molar-refractivity contribution in [2.75, 3.05) is 0 Å². The van der Waals surface area contributed by atoms with Crippen LogP contribution in [0, 0.1) is 11.8 Å². The molecule has 44 valence electrons. The van der Waals surface area contributed by atoms with Crippen molar-refractivity contribution in [3.8, 4) is 0 Å². The van der Waals surface area contributed by atoms with Crippen LogP contribution in [0.3, 0.4) is 0 Å². The van der Waals surface area contributed by atoms with Crippen LogP contribution in [0.1, 0.15) is 12.8 Å². The molecule has 0 radical (unpaired) electrons. The predicted molar refractivity (Wildman–Crippen MR) is 33.3 cm³/mol. The van der Waals surface area contributed by atoms with Crippen molar-refractivity contribution in [3.05, 3.63) is 12.2 Å². The van der Waals surface area contributed by atoms with Crippen LogP contribution in [-0.4, -0.2) is 6.04 Å². The smallest absolute Gasteiger partial charge is 0.0108 e. The third-order valence-electron chi connectivity index (χ3n) is 2.33. The van der Waals surface area contributed by atoms with Gasteiger partial charge in [0.15, 0.2) is 0 Å². The first-order chi connectivity index (χ1) is 3.86. The molecule has 2 aliphatic carbocycles. The molecule has 0 unspecified atom stereocenters. The minimum atomic E-state index is 0.491. The van der Waals surface area contributed by atoms with Gasteiger partial charge in [0, 0.05) is 6.04 Å². The van der Waals surface area contributed by atoms with Gasteiger partial charge in [-0.05, 0) is 24.7 Å². The lowest BCUT2D eigenvalue weighted by atomic mass is 10.0. The van der Waals surface area contributed by atoms with Crippen LogP contribution < -0.4 is 5.73 Å². The predicted octanol–water partition coefficient (Wildman–Crippen LogP) is 0.910. The standard InChI is InChI=1S/C7H11N/c8-7-4-5-1-2-6(7)3-5/h1-2,5-7H,3-4,8H2/t5-,6+,7+/m1/s1. The van der Waals surface area contributed by atoms with Gasteiger partial charge in [0.05, 0.1) is 0 Å². The Morgan fingerprint density at radius 3 is 2.38 bits per heavy atom. The summed E-state index contributed by atoms with van der Waals surface area (Å²) in [5.41, 5.74) is 5.77. The second-order valence-electron chi connectivity index (χ2n) is 2.94. The molecule has 0 spiro atoms. The van der Waals surface area contributed by atoms with Gasteiger partial charge in [-0.2, -0.15) is 0 Å². The molecule has 1 nitrogen and oxygen atoms in total. The number of nitrogens with two attached hydrogens (primary N) is 1. The zero-order chi connectivity index (χ0) is 5.56. The zero-order valence-corrected chi connectivity index (χ0v) is 4.88. The summed E-state index contributed by atoms with van der Waals surface area (Å²) in [7, 11) is 0. The molecule has 0 aromatic heterocycles. The maximum atomic E-state index is 5.77. The molecule has 1 saturated carbocycles. The SMILES string of the molecule is N[C@H]1C[C@@H]2C=C[C@H]1C2. The molecule has 2 bridgehead atoms. The molecule has 2 N–H and O–H groups in total. The Bertz CT molecular complexity index is 128. The van der Waals surface area contributed by atoms with E-state index in [1.807, 2.05) is 0 Å². The van der Waals surface area contributed by atoms with Crippen LogP contribution in [0.25, 0.3) is 0 Å². The van der Waals surface area contributed by atoms with E-state index < -0.39 is 0 Å². The van der Waals surface area contributed by atoms with Crippen molar-refractivity contribution in [3.63, 3.8) is 0 Å². The maximum absolute atomic E-state index is 5.77. The lowest BCUT2D eigenvalue weighted by Crippen LogP contribution is -2.23. The van der Waals surface area contributed by atoms with Gasteiger partial charge in [-0.1, -0.05) is 12.2 Å². The van der Waals surface area contributed by atoms with Gasteiger partial charge >= 0.3 is 0 Å². The van der Waals surface area contributed by atoms with Crippen LogP contribution in [0.4, 0.5) is 0 Å². The van der Waals surface area contributed by atoms with E-state index in [0.29, 0.717) is 6.04 Å². The minimum absolute atomic E-state index is 0.491. The van der Waals surface area contributed by atoms with E-state index in [1.54, 1.807) is 0 Å². The summed E-state index contributed by atoms with van der Waals surface area (Å²) >= 11 is 0. The molecule has 0 aromatic rings. The summed E-state index contributed by atoms with van der Waals surface area (Å²) in [6.45, 7) is 0. The molecular formula is C7H11N. The Kier molecular flexibility index (Phi) is 0.770. The first-order valence-electron chi connectivity index (χ1n) is 3.30. The zero-order valence-electron chi connectivity index (χ0n) is 4.88. The highest BCUT2D eigenvalue weighted by molar-refractivity contribution is 5.11. The molecule has 2 aliphatic rings. The van der Waals surface area contributed by atoms with Gasteiger partial charge in [-0.15, -0.1) is 0 Å². The minimum Gasteiger partial charge on any atom is -0.327 e. The summed E-state index contributed by atoms with van der Waals surface area (Å²) in [5.74, 6) is 1.58. The van der Waals surface area contributed by atoms with E-state index in [-0.39, 0.29) is 0 Å². The largest absolute Gasteiger partial charge is 0.327 e. The molecule has 0 heterocycles. The highest BCUT2D eigenvalue weighted by atomic mass is 14.7. The number of hydrogen-bond acceptors (Lipinski definition) is 1. The van der Waals surface area contributed by atoms with E-state index in [0.717, 1.165) is 11.8 Å². The summed E-state index contributed by atoms with van der Waals surface area (Å²) in [6, 6.07) is 0.491. The third-order valence-corrected chi connectivity index (χ3v) is 2.33. The van der Waals surface area contributed by atoms with Gasteiger partial charge < -0.3 is 5.73 Å². The van der Waals surface area contributed by atoms with Gasteiger partial charge in [0.2, 0.25) is 0 Å². The van der Waals surface area contributed by atoms with Crippen molar-refractivity contribution in [1.29, 1.82) is 0 Å². The van der Waals surface area contributed by atoms with Crippen LogP contribution >= 0.6 is 0 Å². The highest BCUT2D eigenvalue weighted by Gasteiger charge is 2.32. The lowest BCUT2D eigenvalue weighted by molar-refractivity contribution is 0.576. The van der Waals surface area contributed by atoms with Crippen molar-refractivity contribution in [2.24, 2.45) is 17.6 Å². The molecule has 0 aliphatic heterocycles. The Balaban J connectivity index is 2.23. The van der Waals surface area contributed by atoms with Crippen molar-refractivity contribution in [2.45, 2.75) is 18.9 Å². The molecule has 8 heavy (non-hydrogen) atoms. The topological polar surface area (TPSA) is 26.0 Å². The van der Waals surface area contributed by atoms with Crippen LogP contribution in [0.5, 0.6) is 0 Å². The number of allylic oxidation sites excluding steroid dienone is 1. The molecule has 0 amide bonds. The number of rotatable bonds is 0. The molecule has 0 aromatic carbocycles. The summed E-state index contributed by atoms with van der Waals surface area (Å²) in [5, 5.41) is 0. The van der Waals surface area contributed by atoms with E-state index in [9.17, 15) is 0 Å². The van der Waals surface area contributed by atoms with E-state index in [1.165, 1.54) is 12.8 Å². The van der Waals surface area contributed by atoms with Gasteiger partial charge in [-0.25, -0.2) is 0 Å². The quantitative estimate of drug-likeness (QED) is 0.460. The van der Waals surface area contributed by atoms with E-state index >= 15 is 0 Å². The Labute approximate surface area is 49.6 Å². The van der Waals surface area contributed by atoms with Crippen molar-refractivity contribution >= 4 is 0 Å². The van der Waals surface area contributed by atoms with E-state index in [4.69, 9.17) is 5.73 Å². The van der Waals surface area contributed by atoms with Crippen LogP contribution in [0.15, 0.2) is 12.2 Å². The average molecular weight is 109 g/mol. The maximum Gasteiger partial charge on any atom is 0.0108 e. The van der Waals surface area contributed by atoms with Gasteiger partial charge in [0.1, 0.15) is 0 Å². The second kappa shape index (κ2) is 1.35. The van der Waals surface area contributed by atoms with E-state index in [2.05, 4.69) is 12.2 Å². The number of hydrogen-bond donors (Lipinski definition) is 1. The Morgan fingerprint density at radius 2 is 2.12 bits per heavy atom. The normalized spacial score (nSPS) is 50.9. The van der Waals surface area contributed by atoms with Crippen molar-refractivity contribution in [1.82, 2.24) is 0 Å². The molecule has 2 rings (SSSR count). The highest BCUT2D eigenvalue weighted by Crippen LogP contribution is 2.37. The second-order valence-corrected chi connectivity index (χ2v) is 2.94. The molecule has 0 saturated heterocycles. The summed E-state index contributed by atoms with van der Waals surface area (Å²) in [4.78, 5) is 0. The summed E-state index contributed by atoms with van der Waals surface area (Å²) < 4.78 is 0. The fraction of sp³-hybridized carbons (Fsp3) is 0.714. The fourth-order valence-corrected chi connectivity index (χ4v) is 1.82.